The molecule has 1 aliphatic heterocycles. The second-order valence-electron chi connectivity index (χ2n) is 5.23. The maximum Gasteiger partial charge on any atom is 0.331 e. The minimum atomic E-state index is -0.896. The second-order valence-corrected chi connectivity index (χ2v) is 5.23. The van der Waals surface area contributed by atoms with Crippen LogP contribution in [0.4, 0.5) is 0 Å². The Morgan fingerprint density at radius 2 is 1.86 bits per heavy atom. The molecule has 21 heavy (non-hydrogen) atoms. The Bertz CT molecular complexity index is 699. The summed E-state index contributed by atoms with van der Waals surface area (Å²) in [7, 11) is 0. The molecule has 0 spiro atoms. The zero-order valence-corrected chi connectivity index (χ0v) is 11.7. The Hall–Kier alpha value is -2.55. The molecule has 2 aromatic carbocycles. The van der Waals surface area contributed by atoms with Crippen molar-refractivity contribution >= 4 is 12.0 Å². The number of hydrogen-bond donors (Lipinski definition) is 1. The Kier molecular flexibility index (Phi) is 3.48. The molecule has 106 valence electrons. The Balaban J connectivity index is 2.03. The molecule has 0 bridgehead atoms. The van der Waals surface area contributed by atoms with Crippen LogP contribution >= 0.6 is 0 Å². The summed E-state index contributed by atoms with van der Waals surface area (Å²) < 4.78 is 6.05. The van der Waals surface area contributed by atoms with Crippen molar-refractivity contribution in [2.75, 3.05) is 0 Å². The van der Waals surface area contributed by atoms with E-state index < -0.39 is 5.97 Å². The highest BCUT2D eigenvalue weighted by Crippen LogP contribution is 2.35. The number of aryl methyl sites for hydroxylation is 1. The largest absolute Gasteiger partial charge is 0.485 e. The van der Waals surface area contributed by atoms with E-state index in [1.807, 2.05) is 55.5 Å². The zero-order valence-electron chi connectivity index (χ0n) is 11.7. The monoisotopic (exact) mass is 280 g/mol. The Labute approximate surface area is 123 Å². The highest BCUT2D eigenvalue weighted by molar-refractivity contribution is 5.93. The molecule has 0 fully saturated rings. The van der Waals surface area contributed by atoms with Crippen LogP contribution in [-0.2, 0) is 4.79 Å². The summed E-state index contributed by atoms with van der Waals surface area (Å²) in [6.07, 6.45) is 1.77. The van der Waals surface area contributed by atoms with E-state index in [1.165, 1.54) is 5.56 Å². The summed E-state index contributed by atoms with van der Waals surface area (Å²) in [6, 6.07) is 15.5. The van der Waals surface area contributed by atoms with E-state index in [2.05, 4.69) is 0 Å². The quantitative estimate of drug-likeness (QED) is 0.904. The number of aliphatic carboxylic acids is 1. The molecule has 2 aromatic rings. The van der Waals surface area contributed by atoms with Gasteiger partial charge in [0.05, 0.1) is 0 Å². The van der Waals surface area contributed by atoms with Gasteiger partial charge in [-0.2, -0.15) is 0 Å². The molecular weight excluding hydrogens is 264 g/mol. The number of fused-ring (bicyclic) bond motifs is 1. The van der Waals surface area contributed by atoms with Gasteiger partial charge in [0.2, 0.25) is 0 Å². The van der Waals surface area contributed by atoms with Crippen molar-refractivity contribution in [2.45, 2.75) is 19.4 Å². The predicted molar refractivity (Wildman–Crippen MR) is 81.2 cm³/mol. The van der Waals surface area contributed by atoms with Crippen LogP contribution in [0.25, 0.3) is 6.08 Å². The van der Waals surface area contributed by atoms with Gasteiger partial charge in [-0.15, -0.1) is 0 Å². The zero-order chi connectivity index (χ0) is 14.8. The molecule has 1 N–H and O–H groups in total. The van der Waals surface area contributed by atoms with Crippen molar-refractivity contribution in [2.24, 2.45) is 0 Å². The van der Waals surface area contributed by atoms with E-state index in [-0.39, 0.29) is 6.10 Å². The molecular formula is C18H16O3. The van der Waals surface area contributed by atoms with Crippen LogP contribution in [0.1, 0.15) is 29.2 Å². The van der Waals surface area contributed by atoms with Gasteiger partial charge in [0.15, 0.2) is 0 Å². The van der Waals surface area contributed by atoms with Gasteiger partial charge in [0.25, 0.3) is 0 Å². The molecule has 0 amide bonds. The summed E-state index contributed by atoms with van der Waals surface area (Å²) >= 11 is 0. The highest BCUT2D eigenvalue weighted by Gasteiger charge is 2.23. The van der Waals surface area contributed by atoms with Crippen LogP contribution in [0, 0.1) is 6.92 Å². The van der Waals surface area contributed by atoms with Gasteiger partial charge >= 0.3 is 5.97 Å². The van der Waals surface area contributed by atoms with Crippen molar-refractivity contribution in [1.82, 2.24) is 0 Å². The number of benzene rings is 2. The van der Waals surface area contributed by atoms with Crippen LogP contribution in [0.15, 0.2) is 54.1 Å². The van der Waals surface area contributed by atoms with Crippen LogP contribution in [-0.4, -0.2) is 11.1 Å². The molecule has 1 heterocycles. The number of carboxylic acids is 1. The van der Waals surface area contributed by atoms with Crippen molar-refractivity contribution in [3.63, 3.8) is 0 Å². The van der Waals surface area contributed by atoms with Crippen LogP contribution < -0.4 is 4.74 Å². The number of para-hydroxylation sites is 1. The average molecular weight is 280 g/mol. The minimum Gasteiger partial charge on any atom is -0.485 e. The fourth-order valence-corrected chi connectivity index (χ4v) is 2.46. The molecule has 0 aliphatic carbocycles. The van der Waals surface area contributed by atoms with E-state index in [0.717, 1.165) is 16.9 Å². The fourth-order valence-electron chi connectivity index (χ4n) is 2.46. The van der Waals surface area contributed by atoms with Crippen molar-refractivity contribution in [1.29, 1.82) is 0 Å². The number of carboxylic acid groups (broad SMARTS) is 1. The van der Waals surface area contributed by atoms with Gasteiger partial charge in [0, 0.05) is 17.6 Å². The summed E-state index contributed by atoms with van der Waals surface area (Å²) in [6.45, 7) is 2.02. The van der Waals surface area contributed by atoms with Gasteiger partial charge in [-0.1, -0.05) is 48.0 Å². The first-order chi connectivity index (χ1) is 10.1. The Morgan fingerprint density at radius 1 is 1.14 bits per heavy atom. The molecule has 1 aliphatic rings. The number of carbonyl (C=O) groups is 1. The summed E-state index contributed by atoms with van der Waals surface area (Å²) in [4.78, 5) is 11.4. The molecule has 3 nitrogen and oxygen atoms in total. The first-order valence-corrected chi connectivity index (χ1v) is 6.89. The molecule has 1 atom stereocenters. The predicted octanol–water partition coefficient (Wildman–Crippen LogP) is 3.99. The third-order valence-corrected chi connectivity index (χ3v) is 3.65. The first-order valence-electron chi connectivity index (χ1n) is 6.89. The number of ether oxygens (including phenoxy) is 1. The van der Waals surface area contributed by atoms with Crippen molar-refractivity contribution < 1.29 is 14.6 Å². The van der Waals surface area contributed by atoms with E-state index in [9.17, 15) is 9.90 Å². The van der Waals surface area contributed by atoms with Gasteiger partial charge in [-0.25, -0.2) is 4.79 Å². The SMILES string of the molecule is Cc1ccc(C2CC(C(=O)O)=Cc3ccccc3O2)cc1. The van der Waals surface area contributed by atoms with E-state index in [1.54, 1.807) is 6.08 Å². The maximum absolute atomic E-state index is 11.4. The lowest BCUT2D eigenvalue weighted by molar-refractivity contribution is -0.132. The lowest BCUT2D eigenvalue weighted by Gasteiger charge is -2.18. The standard InChI is InChI=1S/C18H16O3/c1-12-6-8-13(9-7-12)17-11-15(18(19)20)10-14-4-2-3-5-16(14)21-17/h2-10,17H,11H2,1H3,(H,19,20). The normalized spacial score (nSPS) is 17.2. The molecule has 0 saturated carbocycles. The van der Waals surface area contributed by atoms with Gasteiger partial charge < -0.3 is 9.84 Å². The van der Waals surface area contributed by atoms with Crippen LogP contribution in [0.2, 0.25) is 0 Å². The maximum atomic E-state index is 11.4. The minimum absolute atomic E-state index is 0.281. The van der Waals surface area contributed by atoms with Gasteiger partial charge in [-0.05, 0) is 24.6 Å². The van der Waals surface area contributed by atoms with Crippen molar-refractivity contribution in [3.8, 4) is 5.75 Å². The van der Waals surface area contributed by atoms with Gasteiger partial charge in [0.1, 0.15) is 11.9 Å². The molecule has 0 saturated heterocycles. The number of rotatable bonds is 2. The smallest absolute Gasteiger partial charge is 0.331 e. The van der Waals surface area contributed by atoms with E-state index in [0.29, 0.717) is 12.0 Å². The Morgan fingerprint density at radius 3 is 2.57 bits per heavy atom. The average Bonchev–Trinajstić information content (AvgIpc) is 2.67. The lowest BCUT2D eigenvalue weighted by Crippen LogP contribution is -2.11. The van der Waals surface area contributed by atoms with E-state index >= 15 is 0 Å². The topological polar surface area (TPSA) is 46.5 Å². The second kappa shape index (κ2) is 5.44. The van der Waals surface area contributed by atoms with Crippen molar-refractivity contribution in [3.05, 3.63) is 70.8 Å². The molecule has 0 radical (unpaired) electrons. The molecule has 3 rings (SSSR count). The third-order valence-electron chi connectivity index (χ3n) is 3.65. The number of hydrogen-bond acceptors (Lipinski definition) is 2. The van der Waals surface area contributed by atoms with Gasteiger partial charge in [-0.3, -0.25) is 0 Å². The highest BCUT2D eigenvalue weighted by atomic mass is 16.5. The molecule has 1 unspecified atom stereocenters. The lowest BCUT2D eigenvalue weighted by atomic mass is 10.00. The van der Waals surface area contributed by atoms with Crippen LogP contribution in [0.3, 0.4) is 0 Å². The summed E-state index contributed by atoms with van der Waals surface area (Å²) in [5.41, 5.74) is 3.33. The fraction of sp³-hybridized carbons (Fsp3) is 0.167. The van der Waals surface area contributed by atoms with Crippen LogP contribution in [0.5, 0.6) is 5.75 Å². The third kappa shape index (κ3) is 2.82. The first kappa shape index (κ1) is 13.4. The summed E-state index contributed by atoms with van der Waals surface area (Å²) in [5.74, 6) is -0.174. The summed E-state index contributed by atoms with van der Waals surface area (Å²) in [5, 5.41) is 9.37. The molecule has 3 heteroatoms. The molecule has 0 aromatic heterocycles. The van der Waals surface area contributed by atoms with E-state index in [4.69, 9.17) is 4.74 Å².